The fourth-order valence-corrected chi connectivity index (χ4v) is 3.49. The van der Waals surface area contributed by atoms with Crippen LogP contribution in [0.15, 0.2) is 36.4 Å². The van der Waals surface area contributed by atoms with Crippen LogP contribution >= 0.6 is 0 Å². The molecule has 3 rings (SSSR count). The highest BCUT2D eigenvalue weighted by Gasteiger charge is 2.20. The Bertz CT molecular complexity index is 840. The van der Waals surface area contributed by atoms with Crippen LogP contribution in [-0.2, 0) is 24.2 Å². The quantitative estimate of drug-likeness (QED) is 0.460. The molecule has 1 aliphatic rings. The van der Waals surface area contributed by atoms with Gasteiger partial charge in [-0.05, 0) is 60.2 Å². The summed E-state index contributed by atoms with van der Waals surface area (Å²) in [5.74, 6) is 0.133. The molecule has 0 aromatic heterocycles. The number of nitrogens with one attached hydrogen (secondary N) is 1. The van der Waals surface area contributed by atoms with Crippen LogP contribution in [0.25, 0.3) is 0 Å². The van der Waals surface area contributed by atoms with Crippen molar-refractivity contribution < 1.29 is 24.9 Å². The summed E-state index contributed by atoms with van der Waals surface area (Å²) >= 11 is 0. The molecule has 0 saturated heterocycles. The minimum atomic E-state index is -0.738. The summed E-state index contributed by atoms with van der Waals surface area (Å²) in [7, 11) is 0. The molecule has 150 valence electrons. The standard InChI is InChI=1S/C21H26N2O5/c22-21(27)12-28-18-5-2-13-1-4-17(8-15(13)9-18)23-10-20(26)14-3-6-19(25)16(7-14)11-24/h2-3,5-7,9,17,20,23-26H,1,4,8,10-12H2,(H2,22,27)/t17-,20+/m0/s1. The van der Waals surface area contributed by atoms with E-state index in [-0.39, 0.29) is 25.0 Å². The van der Waals surface area contributed by atoms with Crippen molar-refractivity contribution in [3.63, 3.8) is 0 Å². The summed E-state index contributed by atoms with van der Waals surface area (Å²) in [6.45, 7) is -0.0536. The Kier molecular flexibility index (Phi) is 6.51. The Morgan fingerprint density at radius 2 is 2.07 bits per heavy atom. The first-order chi connectivity index (χ1) is 13.5. The molecule has 0 bridgehead atoms. The Labute approximate surface area is 163 Å². The van der Waals surface area contributed by atoms with Crippen molar-refractivity contribution in [2.75, 3.05) is 13.2 Å². The van der Waals surface area contributed by atoms with Gasteiger partial charge in [-0.2, -0.15) is 0 Å². The molecule has 7 heteroatoms. The van der Waals surface area contributed by atoms with E-state index in [4.69, 9.17) is 10.5 Å². The van der Waals surface area contributed by atoms with E-state index in [2.05, 4.69) is 5.32 Å². The van der Waals surface area contributed by atoms with Gasteiger partial charge in [0.25, 0.3) is 5.91 Å². The molecule has 2 aromatic carbocycles. The number of hydrogen-bond donors (Lipinski definition) is 5. The van der Waals surface area contributed by atoms with Gasteiger partial charge < -0.3 is 31.1 Å². The molecule has 1 aliphatic carbocycles. The molecule has 28 heavy (non-hydrogen) atoms. The topological polar surface area (TPSA) is 125 Å². The van der Waals surface area contributed by atoms with Crippen molar-refractivity contribution in [3.8, 4) is 11.5 Å². The van der Waals surface area contributed by atoms with Crippen LogP contribution in [0.5, 0.6) is 11.5 Å². The number of ether oxygens (including phenoxy) is 1. The molecule has 0 aliphatic heterocycles. The van der Waals surface area contributed by atoms with Crippen LogP contribution in [0.1, 0.15) is 34.8 Å². The van der Waals surface area contributed by atoms with Crippen LogP contribution in [0.3, 0.4) is 0 Å². The van der Waals surface area contributed by atoms with Gasteiger partial charge in [0.1, 0.15) is 11.5 Å². The number of carbonyl (C=O) groups is 1. The molecule has 6 N–H and O–H groups in total. The summed E-state index contributed by atoms with van der Waals surface area (Å²) in [4.78, 5) is 10.9. The summed E-state index contributed by atoms with van der Waals surface area (Å²) in [6.07, 6.45) is 1.94. The Morgan fingerprint density at radius 1 is 1.25 bits per heavy atom. The minimum Gasteiger partial charge on any atom is -0.508 e. The number of rotatable bonds is 8. The van der Waals surface area contributed by atoms with E-state index in [1.54, 1.807) is 12.1 Å². The van der Waals surface area contributed by atoms with Gasteiger partial charge in [-0.15, -0.1) is 0 Å². The number of fused-ring (bicyclic) bond motifs is 1. The van der Waals surface area contributed by atoms with Gasteiger partial charge in [-0.25, -0.2) is 0 Å². The second-order valence-corrected chi connectivity index (χ2v) is 7.10. The van der Waals surface area contributed by atoms with Crippen LogP contribution in [0.4, 0.5) is 0 Å². The number of hydrogen-bond acceptors (Lipinski definition) is 6. The monoisotopic (exact) mass is 386 g/mol. The first-order valence-electron chi connectivity index (χ1n) is 9.33. The lowest BCUT2D eigenvalue weighted by molar-refractivity contribution is -0.119. The number of carbonyl (C=O) groups excluding carboxylic acids is 1. The van der Waals surface area contributed by atoms with Gasteiger partial charge in [0.05, 0.1) is 12.7 Å². The number of nitrogens with two attached hydrogens (primary N) is 1. The van der Waals surface area contributed by atoms with Crippen LogP contribution in [0, 0.1) is 0 Å². The Hall–Kier alpha value is -2.61. The molecule has 2 atom stereocenters. The molecular formula is C21H26N2O5. The smallest absolute Gasteiger partial charge is 0.255 e. The van der Waals surface area contributed by atoms with Gasteiger partial charge in [0.2, 0.25) is 0 Å². The van der Waals surface area contributed by atoms with Crippen molar-refractivity contribution in [2.45, 2.75) is 38.0 Å². The number of aromatic hydroxyl groups is 1. The molecular weight excluding hydrogens is 360 g/mol. The zero-order valence-corrected chi connectivity index (χ0v) is 15.6. The summed E-state index contributed by atoms with van der Waals surface area (Å²) < 4.78 is 5.38. The number of aliphatic hydroxyl groups is 2. The first-order valence-corrected chi connectivity index (χ1v) is 9.33. The Balaban J connectivity index is 1.58. The van der Waals surface area contributed by atoms with E-state index < -0.39 is 12.0 Å². The van der Waals surface area contributed by atoms with E-state index in [0.717, 1.165) is 24.8 Å². The normalized spacial score (nSPS) is 17.0. The molecule has 0 spiro atoms. The van der Waals surface area contributed by atoms with Gasteiger partial charge in [-0.3, -0.25) is 4.79 Å². The first kappa shape index (κ1) is 20.1. The number of phenols is 1. The molecule has 0 radical (unpaired) electrons. The second-order valence-electron chi connectivity index (χ2n) is 7.10. The largest absolute Gasteiger partial charge is 0.508 e. The van der Waals surface area contributed by atoms with E-state index in [9.17, 15) is 20.1 Å². The summed E-state index contributed by atoms with van der Waals surface area (Å²) in [5, 5.41) is 32.7. The summed E-state index contributed by atoms with van der Waals surface area (Å²) in [6, 6.07) is 10.8. The number of aryl methyl sites for hydroxylation is 1. The number of primary amides is 1. The fraction of sp³-hybridized carbons (Fsp3) is 0.381. The molecule has 0 heterocycles. The fourth-order valence-electron chi connectivity index (χ4n) is 3.49. The molecule has 7 nitrogen and oxygen atoms in total. The third-order valence-corrected chi connectivity index (χ3v) is 5.05. The van der Waals surface area contributed by atoms with Gasteiger partial charge in [0, 0.05) is 18.2 Å². The maximum atomic E-state index is 10.9. The SMILES string of the molecule is NC(=O)COc1ccc2c(c1)C[C@@H](NC[C@@H](O)c1ccc(O)c(CO)c1)CC2. The zero-order chi connectivity index (χ0) is 20.1. The molecule has 0 saturated carbocycles. The van der Waals surface area contributed by atoms with Gasteiger partial charge >= 0.3 is 0 Å². The average Bonchev–Trinajstić information content (AvgIpc) is 2.70. The van der Waals surface area contributed by atoms with Gasteiger partial charge in [-0.1, -0.05) is 12.1 Å². The van der Waals surface area contributed by atoms with E-state index >= 15 is 0 Å². The lowest BCUT2D eigenvalue weighted by Crippen LogP contribution is -2.37. The highest BCUT2D eigenvalue weighted by Crippen LogP contribution is 2.27. The van der Waals surface area contributed by atoms with Crippen molar-refractivity contribution in [2.24, 2.45) is 5.73 Å². The molecule has 0 unspecified atom stereocenters. The van der Waals surface area contributed by atoms with Gasteiger partial charge in [0.15, 0.2) is 6.61 Å². The van der Waals surface area contributed by atoms with Crippen molar-refractivity contribution >= 4 is 5.91 Å². The third kappa shape index (κ3) is 5.01. The van der Waals surface area contributed by atoms with E-state index in [1.165, 1.54) is 11.6 Å². The molecule has 0 fully saturated rings. The lowest BCUT2D eigenvalue weighted by Gasteiger charge is -2.27. The average molecular weight is 386 g/mol. The number of aliphatic hydroxyl groups excluding tert-OH is 2. The predicted molar refractivity (Wildman–Crippen MR) is 104 cm³/mol. The Morgan fingerprint density at radius 3 is 2.82 bits per heavy atom. The zero-order valence-electron chi connectivity index (χ0n) is 15.6. The second kappa shape index (κ2) is 9.05. The predicted octanol–water partition coefficient (Wildman–Crippen LogP) is 0.929. The highest BCUT2D eigenvalue weighted by molar-refractivity contribution is 5.75. The van der Waals surface area contributed by atoms with Crippen molar-refractivity contribution in [1.82, 2.24) is 5.32 Å². The van der Waals surface area contributed by atoms with E-state index in [1.807, 2.05) is 18.2 Å². The number of benzene rings is 2. The number of amides is 1. The molecule has 2 aromatic rings. The van der Waals surface area contributed by atoms with Crippen molar-refractivity contribution in [1.29, 1.82) is 0 Å². The van der Waals surface area contributed by atoms with Crippen LogP contribution < -0.4 is 15.8 Å². The maximum absolute atomic E-state index is 10.9. The summed E-state index contributed by atoms with van der Waals surface area (Å²) in [5.41, 5.74) is 8.58. The minimum absolute atomic E-state index is 0.0182. The van der Waals surface area contributed by atoms with Crippen LogP contribution in [0.2, 0.25) is 0 Å². The van der Waals surface area contributed by atoms with Crippen molar-refractivity contribution in [3.05, 3.63) is 58.7 Å². The highest BCUT2D eigenvalue weighted by atomic mass is 16.5. The third-order valence-electron chi connectivity index (χ3n) is 5.05. The molecule has 1 amide bonds. The van der Waals surface area contributed by atoms with Crippen LogP contribution in [-0.4, -0.2) is 40.4 Å². The maximum Gasteiger partial charge on any atom is 0.255 e. The van der Waals surface area contributed by atoms with E-state index in [0.29, 0.717) is 23.4 Å². The lowest BCUT2D eigenvalue weighted by atomic mass is 9.88.